The molecule has 1 fully saturated rings. The van der Waals surface area contributed by atoms with Crippen LogP contribution in [0.5, 0.6) is 0 Å². The van der Waals surface area contributed by atoms with Crippen LogP contribution in [0.4, 0.5) is 0 Å². The zero-order chi connectivity index (χ0) is 18.8. The molecule has 0 spiro atoms. The Kier molecular flexibility index (Phi) is 4.92. The zero-order valence-corrected chi connectivity index (χ0v) is 15.6. The predicted octanol–water partition coefficient (Wildman–Crippen LogP) is 1.70. The molecule has 4 rings (SSSR count). The maximum Gasteiger partial charge on any atom is 0.255 e. The van der Waals surface area contributed by atoms with E-state index in [0.29, 0.717) is 38.2 Å². The first-order valence-electron chi connectivity index (χ1n) is 9.65. The number of pyridine rings is 1. The SMILES string of the molecule is Cc1ccc(C(=O)N2CCc3ncc(CNC(=O)C4CCC4)n3CC2)cn1. The van der Waals surface area contributed by atoms with Gasteiger partial charge in [0.2, 0.25) is 5.91 Å². The Bertz CT molecular complexity index is 839. The molecule has 0 bridgehead atoms. The predicted molar refractivity (Wildman–Crippen MR) is 100.0 cm³/mol. The van der Waals surface area contributed by atoms with Crippen molar-refractivity contribution >= 4 is 11.8 Å². The Hall–Kier alpha value is -2.70. The molecule has 27 heavy (non-hydrogen) atoms. The molecule has 2 aromatic heterocycles. The second-order valence-corrected chi connectivity index (χ2v) is 7.39. The minimum atomic E-state index is 0.00749. The number of fused-ring (bicyclic) bond motifs is 1. The molecule has 0 radical (unpaired) electrons. The van der Waals surface area contributed by atoms with Gasteiger partial charge in [-0.3, -0.25) is 14.6 Å². The van der Waals surface area contributed by atoms with Crippen LogP contribution in [0.3, 0.4) is 0 Å². The first-order chi connectivity index (χ1) is 13.1. The van der Waals surface area contributed by atoms with Crippen molar-refractivity contribution in [1.82, 2.24) is 24.8 Å². The summed E-state index contributed by atoms with van der Waals surface area (Å²) >= 11 is 0. The Morgan fingerprint density at radius 3 is 2.70 bits per heavy atom. The molecule has 0 saturated heterocycles. The lowest BCUT2D eigenvalue weighted by Crippen LogP contribution is -2.35. The van der Waals surface area contributed by atoms with Gasteiger partial charge in [0.1, 0.15) is 5.82 Å². The molecule has 1 aliphatic carbocycles. The highest BCUT2D eigenvalue weighted by molar-refractivity contribution is 5.93. The van der Waals surface area contributed by atoms with Crippen LogP contribution in [-0.4, -0.2) is 44.3 Å². The first-order valence-corrected chi connectivity index (χ1v) is 9.65. The van der Waals surface area contributed by atoms with Crippen LogP contribution in [0.25, 0.3) is 0 Å². The molecule has 2 aliphatic rings. The third kappa shape index (κ3) is 3.72. The molecule has 2 amide bonds. The van der Waals surface area contributed by atoms with Crippen LogP contribution >= 0.6 is 0 Å². The fraction of sp³-hybridized carbons (Fsp3) is 0.500. The number of aryl methyl sites for hydroxylation is 1. The maximum absolute atomic E-state index is 12.8. The molecule has 142 valence electrons. The maximum atomic E-state index is 12.8. The fourth-order valence-corrected chi connectivity index (χ4v) is 3.61. The summed E-state index contributed by atoms with van der Waals surface area (Å²) in [5, 5.41) is 3.03. The van der Waals surface area contributed by atoms with Crippen molar-refractivity contribution in [2.45, 2.75) is 45.7 Å². The van der Waals surface area contributed by atoms with Gasteiger partial charge in [0, 0.05) is 43.9 Å². The summed E-state index contributed by atoms with van der Waals surface area (Å²) in [6.07, 6.45) is 7.35. The third-order valence-corrected chi connectivity index (χ3v) is 5.58. The van der Waals surface area contributed by atoms with E-state index in [-0.39, 0.29) is 17.7 Å². The van der Waals surface area contributed by atoms with Crippen molar-refractivity contribution in [2.75, 3.05) is 13.1 Å². The fourth-order valence-electron chi connectivity index (χ4n) is 3.61. The second kappa shape index (κ2) is 7.50. The minimum Gasteiger partial charge on any atom is -0.350 e. The summed E-state index contributed by atoms with van der Waals surface area (Å²) in [7, 11) is 0. The van der Waals surface area contributed by atoms with Crippen molar-refractivity contribution in [3.05, 3.63) is 47.3 Å². The van der Waals surface area contributed by atoms with E-state index >= 15 is 0 Å². The van der Waals surface area contributed by atoms with E-state index in [1.807, 2.05) is 30.2 Å². The number of nitrogens with one attached hydrogen (secondary N) is 1. The second-order valence-electron chi connectivity index (χ2n) is 7.39. The Labute approximate surface area is 158 Å². The van der Waals surface area contributed by atoms with E-state index in [9.17, 15) is 9.59 Å². The summed E-state index contributed by atoms with van der Waals surface area (Å²) in [6, 6.07) is 3.69. The van der Waals surface area contributed by atoms with Crippen molar-refractivity contribution < 1.29 is 9.59 Å². The lowest BCUT2D eigenvalue weighted by atomic mass is 9.85. The van der Waals surface area contributed by atoms with Gasteiger partial charge in [-0.2, -0.15) is 0 Å². The van der Waals surface area contributed by atoms with Crippen molar-refractivity contribution in [1.29, 1.82) is 0 Å². The molecular weight excluding hydrogens is 342 g/mol. The van der Waals surface area contributed by atoms with Crippen LogP contribution < -0.4 is 5.32 Å². The molecule has 1 aliphatic heterocycles. The summed E-state index contributed by atoms with van der Waals surface area (Å²) in [4.78, 5) is 35.4. The minimum absolute atomic E-state index is 0.00749. The third-order valence-electron chi connectivity index (χ3n) is 5.58. The van der Waals surface area contributed by atoms with Gasteiger partial charge in [0.05, 0.1) is 24.0 Å². The molecule has 7 nitrogen and oxygen atoms in total. The molecule has 0 aromatic carbocycles. The largest absolute Gasteiger partial charge is 0.350 e. The summed E-state index contributed by atoms with van der Waals surface area (Å²) < 4.78 is 2.14. The summed E-state index contributed by atoms with van der Waals surface area (Å²) in [6.45, 7) is 4.36. The van der Waals surface area contributed by atoms with Gasteiger partial charge in [-0.05, 0) is 31.9 Å². The molecule has 7 heteroatoms. The highest BCUT2D eigenvalue weighted by Crippen LogP contribution is 2.26. The average Bonchev–Trinajstić information content (AvgIpc) is 2.88. The molecule has 3 heterocycles. The highest BCUT2D eigenvalue weighted by atomic mass is 16.2. The quantitative estimate of drug-likeness (QED) is 0.892. The van der Waals surface area contributed by atoms with Gasteiger partial charge < -0.3 is 14.8 Å². The van der Waals surface area contributed by atoms with E-state index in [4.69, 9.17) is 0 Å². The monoisotopic (exact) mass is 367 g/mol. The Morgan fingerprint density at radius 1 is 1.15 bits per heavy atom. The van der Waals surface area contributed by atoms with Crippen LogP contribution in [0.1, 0.15) is 46.8 Å². The van der Waals surface area contributed by atoms with Crippen molar-refractivity contribution in [3.8, 4) is 0 Å². The topological polar surface area (TPSA) is 80.1 Å². The Balaban J connectivity index is 1.39. The molecule has 1 N–H and O–H groups in total. The van der Waals surface area contributed by atoms with Crippen LogP contribution in [0, 0.1) is 12.8 Å². The Morgan fingerprint density at radius 2 is 2.00 bits per heavy atom. The van der Waals surface area contributed by atoms with Gasteiger partial charge in [-0.25, -0.2) is 4.98 Å². The number of rotatable bonds is 4. The highest BCUT2D eigenvalue weighted by Gasteiger charge is 2.26. The molecule has 0 atom stereocenters. The average molecular weight is 367 g/mol. The number of imidazole rings is 1. The molecule has 2 aromatic rings. The summed E-state index contributed by atoms with van der Waals surface area (Å²) in [5.41, 5.74) is 2.52. The van der Waals surface area contributed by atoms with E-state index in [1.165, 1.54) is 0 Å². The number of carbonyl (C=O) groups is 2. The number of carbonyl (C=O) groups excluding carboxylic acids is 2. The summed E-state index contributed by atoms with van der Waals surface area (Å²) in [5.74, 6) is 1.31. The smallest absolute Gasteiger partial charge is 0.255 e. The first kappa shape index (κ1) is 17.7. The number of nitrogens with zero attached hydrogens (tertiary/aromatic N) is 4. The van der Waals surface area contributed by atoms with E-state index in [1.54, 1.807) is 6.20 Å². The zero-order valence-electron chi connectivity index (χ0n) is 15.6. The van der Waals surface area contributed by atoms with Crippen molar-refractivity contribution in [3.63, 3.8) is 0 Å². The number of amides is 2. The van der Waals surface area contributed by atoms with E-state index in [0.717, 1.165) is 36.5 Å². The lowest BCUT2D eigenvalue weighted by Gasteiger charge is -2.24. The van der Waals surface area contributed by atoms with Gasteiger partial charge in [0.15, 0.2) is 0 Å². The van der Waals surface area contributed by atoms with Gasteiger partial charge >= 0.3 is 0 Å². The van der Waals surface area contributed by atoms with E-state index in [2.05, 4.69) is 19.9 Å². The molecule has 0 unspecified atom stereocenters. The van der Waals surface area contributed by atoms with Gasteiger partial charge in [-0.1, -0.05) is 6.42 Å². The van der Waals surface area contributed by atoms with Crippen molar-refractivity contribution in [2.24, 2.45) is 5.92 Å². The number of hydrogen-bond donors (Lipinski definition) is 1. The normalized spacial score (nSPS) is 17.0. The number of hydrogen-bond acceptors (Lipinski definition) is 4. The number of aromatic nitrogens is 3. The standard InChI is InChI=1S/C20H25N5O2/c1-14-5-6-16(11-21-14)20(27)24-8-7-18-22-12-17(25(18)10-9-24)13-23-19(26)15-3-2-4-15/h5-6,11-12,15H,2-4,7-10,13H2,1H3,(H,23,26). The van der Waals surface area contributed by atoms with E-state index < -0.39 is 0 Å². The van der Waals surface area contributed by atoms with Crippen LogP contribution in [0.2, 0.25) is 0 Å². The van der Waals surface area contributed by atoms with Crippen LogP contribution in [0.15, 0.2) is 24.5 Å². The molecule has 1 saturated carbocycles. The molecular formula is C20H25N5O2. The van der Waals surface area contributed by atoms with Gasteiger partial charge in [-0.15, -0.1) is 0 Å². The van der Waals surface area contributed by atoms with Gasteiger partial charge in [0.25, 0.3) is 5.91 Å². The van der Waals surface area contributed by atoms with Crippen LogP contribution in [-0.2, 0) is 24.3 Å². The lowest BCUT2D eigenvalue weighted by molar-refractivity contribution is -0.127.